The van der Waals surface area contributed by atoms with E-state index in [-0.39, 0.29) is 6.61 Å². The Morgan fingerprint density at radius 2 is 1.76 bits per heavy atom. The van der Waals surface area contributed by atoms with Crippen LogP contribution in [0, 0.1) is 10.8 Å². The van der Waals surface area contributed by atoms with Crippen molar-refractivity contribution in [2.45, 2.75) is 85.5 Å². The molecule has 0 aliphatic carbocycles. The third-order valence-electron chi connectivity index (χ3n) is 7.74. The highest BCUT2D eigenvalue weighted by Crippen LogP contribution is 2.32. The molecule has 1 saturated heterocycles. The molecule has 2 aliphatic rings. The Balaban J connectivity index is 1.56. The highest BCUT2D eigenvalue weighted by atomic mass is 16.5. The first-order valence-corrected chi connectivity index (χ1v) is 13.9. The molecule has 0 saturated carbocycles. The number of ether oxygens (including phenoxy) is 1. The number of carbonyl (C=O) groups excluding carboxylic acids is 2. The van der Waals surface area contributed by atoms with Crippen molar-refractivity contribution in [3.8, 4) is 0 Å². The van der Waals surface area contributed by atoms with Crippen LogP contribution >= 0.6 is 0 Å². The second kappa shape index (κ2) is 12.4. The first-order chi connectivity index (χ1) is 19.0. The van der Waals surface area contributed by atoms with Gasteiger partial charge in [0.2, 0.25) is 5.91 Å². The number of alkyl carbamates (subject to hydrolysis) is 1. The van der Waals surface area contributed by atoms with Crippen LogP contribution in [0.25, 0.3) is 0 Å². The third kappa shape index (κ3) is 7.89. The molecule has 2 aliphatic heterocycles. The summed E-state index contributed by atoms with van der Waals surface area (Å²) in [6.07, 6.45) is 0.339. The number of aliphatic carboxylic acids is 1. The number of amides is 3. The Morgan fingerprint density at radius 3 is 2.37 bits per heavy atom. The molecule has 1 aromatic carbocycles. The first-order valence-electron chi connectivity index (χ1n) is 13.9. The Bertz CT molecular complexity index is 1230. The van der Waals surface area contributed by atoms with E-state index in [9.17, 15) is 29.4 Å². The van der Waals surface area contributed by atoms with Crippen LogP contribution in [0.2, 0.25) is 0 Å². The minimum Gasteiger partial charge on any atom is -0.480 e. The Labute approximate surface area is 242 Å². The molecule has 0 bridgehead atoms. The van der Waals surface area contributed by atoms with Gasteiger partial charge in [-0.05, 0) is 53.4 Å². The summed E-state index contributed by atoms with van der Waals surface area (Å²) < 4.78 is 5.54. The van der Waals surface area contributed by atoms with Crippen molar-refractivity contribution in [1.29, 1.82) is 0 Å². The average molecular weight is 570 g/mol. The SMILES string of the molecule is C=C(Cc1cccc2c1CN(C(=O)O)C2)C(=C)CC(C)(C)COC(=O)N[C@H](C(=O)N1CCC[C@H]1C(=O)O)C(C)(C)C. The summed E-state index contributed by atoms with van der Waals surface area (Å²) in [7, 11) is 0. The minimum absolute atomic E-state index is 0.0615. The predicted octanol–water partition coefficient (Wildman–Crippen LogP) is 4.97. The van der Waals surface area contributed by atoms with Gasteiger partial charge in [0.05, 0.1) is 6.61 Å². The lowest BCUT2D eigenvalue weighted by Gasteiger charge is -2.35. The zero-order chi connectivity index (χ0) is 30.7. The Hall–Kier alpha value is -3.82. The number of rotatable bonds is 10. The van der Waals surface area contributed by atoms with Gasteiger partial charge in [0, 0.05) is 25.0 Å². The molecule has 224 valence electrons. The number of nitrogens with zero attached hydrogens (tertiary/aromatic N) is 2. The van der Waals surface area contributed by atoms with Crippen LogP contribution in [-0.2, 0) is 33.8 Å². The topological polar surface area (TPSA) is 136 Å². The molecule has 3 N–H and O–H groups in total. The molecule has 0 radical (unpaired) electrons. The molecule has 3 amide bonds. The highest BCUT2D eigenvalue weighted by molar-refractivity contribution is 5.90. The van der Waals surface area contributed by atoms with Crippen LogP contribution in [0.3, 0.4) is 0 Å². The van der Waals surface area contributed by atoms with Crippen molar-refractivity contribution >= 4 is 24.1 Å². The number of benzene rings is 1. The largest absolute Gasteiger partial charge is 0.480 e. The summed E-state index contributed by atoms with van der Waals surface area (Å²) in [6, 6.07) is 4.01. The fourth-order valence-corrected chi connectivity index (χ4v) is 5.42. The molecule has 0 unspecified atom stereocenters. The van der Waals surface area contributed by atoms with Crippen molar-refractivity contribution in [3.63, 3.8) is 0 Å². The second-order valence-corrected chi connectivity index (χ2v) is 13.0. The lowest BCUT2D eigenvalue weighted by molar-refractivity contribution is -0.150. The molecular formula is C31H43N3O7. The quantitative estimate of drug-likeness (QED) is 0.339. The normalized spacial score (nSPS) is 17.5. The average Bonchev–Trinajstić information content (AvgIpc) is 3.53. The molecule has 3 rings (SSSR count). The van der Waals surface area contributed by atoms with E-state index in [0.717, 1.165) is 27.8 Å². The molecule has 41 heavy (non-hydrogen) atoms. The third-order valence-corrected chi connectivity index (χ3v) is 7.74. The number of nitrogens with one attached hydrogen (secondary N) is 1. The van der Waals surface area contributed by atoms with Gasteiger partial charge in [0.1, 0.15) is 12.1 Å². The van der Waals surface area contributed by atoms with Gasteiger partial charge in [-0.15, -0.1) is 0 Å². The monoisotopic (exact) mass is 569 g/mol. The predicted molar refractivity (Wildman–Crippen MR) is 154 cm³/mol. The fraction of sp³-hybridized carbons (Fsp3) is 0.548. The molecule has 2 heterocycles. The molecule has 1 fully saturated rings. The number of carbonyl (C=O) groups is 4. The van der Waals surface area contributed by atoms with Crippen molar-refractivity contribution in [2.24, 2.45) is 10.8 Å². The van der Waals surface area contributed by atoms with E-state index in [4.69, 9.17) is 4.74 Å². The number of likely N-dealkylation sites (tertiary alicyclic amines) is 1. The maximum absolute atomic E-state index is 13.3. The first kappa shape index (κ1) is 31.7. The van der Waals surface area contributed by atoms with Gasteiger partial charge in [-0.25, -0.2) is 14.4 Å². The van der Waals surface area contributed by atoms with Crippen LogP contribution in [0.5, 0.6) is 0 Å². The standard InChI is InChI=1S/C31H43N3O7/c1-19(14-21-10-8-11-22-16-33(29(39)40)17-23(21)22)20(2)15-31(6,7)18-41-28(38)32-25(30(3,4)5)26(35)34-13-9-12-24(34)27(36)37/h8,10-11,24-25H,1-2,9,12-18H2,3-7H3,(H,32,38)(H,36,37)(H,39,40)/t24-,25+/m0/s1. The molecule has 2 atom stereocenters. The number of allylic oxidation sites excluding steroid dienone is 2. The van der Waals surface area contributed by atoms with Gasteiger partial charge in [0.15, 0.2) is 0 Å². The number of carboxylic acids is 1. The van der Waals surface area contributed by atoms with Crippen molar-refractivity contribution in [3.05, 3.63) is 59.2 Å². The van der Waals surface area contributed by atoms with Gasteiger partial charge in [-0.1, -0.05) is 71.5 Å². The summed E-state index contributed by atoms with van der Waals surface area (Å²) in [5.74, 6) is -1.48. The van der Waals surface area contributed by atoms with E-state index in [1.54, 1.807) is 0 Å². The fourth-order valence-electron chi connectivity index (χ4n) is 5.42. The summed E-state index contributed by atoms with van der Waals surface area (Å²) in [5.41, 5.74) is 3.51. The van der Waals surface area contributed by atoms with Crippen molar-refractivity contribution in [1.82, 2.24) is 15.1 Å². The second-order valence-electron chi connectivity index (χ2n) is 13.0. The van der Waals surface area contributed by atoms with Crippen molar-refractivity contribution < 1.29 is 34.1 Å². The Kier molecular flexibility index (Phi) is 9.56. The van der Waals surface area contributed by atoms with E-state index < -0.39 is 47.0 Å². The van der Waals surface area contributed by atoms with Crippen LogP contribution in [0.1, 0.15) is 70.6 Å². The summed E-state index contributed by atoms with van der Waals surface area (Å²) in [4.78, 5) is 51.8. The molecule has 0 aromatic heterocycles. The maximum Gasteiger partial charge on any atom is 0.407 e. The van der Waals surface area contributed by atoms with Crippen LogP contribution in [0.4, 0.5) is 9.59 Å². The van der Waals surface area contributed by atoms with E-state index in [0.29, 0.717) is 45.3 Å². The zero-order valence-corrected chi connectivity index (χ0v) is 24.8. The molecular weight excluding hydrogens is 526 g/mol. The Morgan fingerprint density at radius 1 is 1.07 bits per heavy atom. The minimum atomic E-state index is -1.05. The van der Waals surface area contributed by atoms with Gasteiger partial charge in [0.25, 0.3) is 0 Å². The number of carboxylic acid groups (broad SMARTS) is 2. The number of fused-ring (bicyclic) bond motifs is 1. The lowest BCUT2D eigenvalue weighted by Crippen LogP contribution is -2.56. The summed E-state index contributed by atoms with van der Waals surface area (Å²) in [6.45, 7) is 18.9. The maximum atomic E-state index is 13.3. The molecule has 1 aromatic rings. The van der Waals surface area contributed by atoms with E-state index in [1.165, 1.54) is 9.80 Å². The van der Waals surface area contributed by atoms with Crippen LogP contribution in [0.15, 0.2) is 42.5 Å². The summed E-state index contributed by atoms with van der Waals surface area (Å²) >= 11 is 0. The van der Waals surface area contributed by atoms with Gasteiger partial charge >= 0.3 is 18.2 Å². The summed E-state index contributed by atoms with van der Waals surface area (Å²) in [5, 5.41) is 21.5. The number of hydrogen-bond donors (Lipinski definition) is 3. The van der Waals surface area contributed by atoms with Gasteiger partial charge in [-0.3, -0.25) is 9.69 Å². The zero-order valence-electron chi connectivity index (χ0n) is 24.8. The molecule has 10 nitrogen and oxygen atoms in total. The number of hydrogen-bond acceptors (Lipinski definition) is 5. The van der Waals surface area contributed by atoms with E-state index >= 15 is 0 Å². The highest BCUT2D eigenvalue weighted by Gasteiger charge is 2.42. The van der Waals surface area contributed by atoms with Gasteiger partial charge in [-0.2, -0.15) is 0 Å². The van der Waals surface area contributed by atoms with Crippen LogP contribution in [-0.4, -0.2) is 69.3 Å². The van der Waals surface area contributed by atoms with Gasteiger partial charge < -0.3 is 25.2 Å². The van der Waals surface area contributed by atoms with Crippen LogP contribution < -0.4 is 5.32 Å². The smallest absolute Gasteiger partial charge is 0.407 e. The lowest BCUT2D eigenvalue weighted by atomic mass is 9.83. The van der Waals surface area contributed by atoms with Crippen molar-refractivity contribution in [2.75, 3.05) is 13.2 Å². The molecule has 10 heteroatoms. The van der Waals surface area contributed by atoms with E-state index in [2.05, 4.69) is 18.5 Å². The van der Waals surface area contributed by atoms with E-state index in [1.807, 2.05) is 52.8 Å². The molecule has 0 spiro atoms.